The van der Waals surface area contributed by atoms with Gasteiger partial charge in [-0.1, -0.05) is 20.8 Å². The zero-order chi connectivity index (χ0) is 16.8. The van der Waals surface area contributed by atoms with Crippen molar-refractivity contribution in [2.45, 2.75) is 86.2 Å². The SMILES string of the molecule is CCN(C(C)C)C(CN)(N(CC)C(C)C)N(CC)C(C)C. The molecular formula is C17H40N4. The summed E-state index contributed by atoms with van der Waals surface area (Å²) in [6, 6.07) is 1.37. The van der Waals surface area contributed by atoms with Gasteiger partial charge < -0.3 is 5.73 Å². The van der Waals surface area contributed by atoms with Crippen LogP contribution in [0.1, 0.15) is 62.3 Å². The summed E-state index contributed by atoms with van der Waals surface area (Å²) in [5, 5.41) is 0. The Hall–Kier alpha value is -0.160. The summed E-state index contributed by atoms with van der Waals surface area (Å²) in [7, 11) is 0. The molecule has 0 rings (SSSR count). The highest BCUT2D eigenvalue weighted by atomic mass is 15.6. The molecule has 0 aliphatic rings. The van der Waals surface area contributed by atoms with Crippen LogP contribution in [-0.2, 0) is 0 Å². The van der Waals surface area contributed by atoms with Crippen LogP contribution in [-0.4, -0.2) is 64.8 Å². The first-order chi connectivity index (χ1) is 9.74. The minimum Gasteiger partial charge on any atom is -0.326 e. The Labute approximate surface area is 133 Å². The smallest absolute Gasteiger partial charge is 0.144 e. The highest BCUT2D eigenvalue weighted by molar-refractivity contribution is 4.95. The Bertz CT molecular complexity index is 235. The summed E-state index contributed by atoms with van der Waals surface area (Å²) in [5.41, 5.74) is 6.43. The largest absolute Gasteiger partial charge is 0.326 e. The molecule has 0 aromatic rings. The number of nitrogens with two attached hydrogens (primary N) is 1. The maximum Gasteiger partial charge on any atom is 0.144 e. The van der Waals surface area contributed by atoms with Crippen LogP contribution < -0.4 is 5.73 Å². The van der Waals surface area contributed by atoms with Gasteiger partial charge in [-0.05, 0) is 61.2 Å². The number of nitrogens with zero attached hydrogens (tertiary/aromatic N) is 3. The molecule has 0 saturated carbocycles. The average Bonchev–Trinajstić information content (AvgIpc) is 2.38. The third kappa shape index (κ3) is 4.19. The zero-order valence-corrected chi connectivity index (χ0v) is 16.0. The van der Waals surface area contributed by atoms with Crippen LogP contribution >= 0.6 is 0 Å². The van der Waals surface area contributed by atoms with Crippen LogP contribution in [0.15, 0.2) is 0 Å². The first-order valence-corrected chi connectivity index (χ1v) is 8.74. The Balaban J connectivity index is 6.12. The molecule has 0 aromatic heterocycles. The monoisotopic (exact) mass is 300 g/mol. The lowest BCUT2D eigenvalue weighted by Crippen LogP contribution is -2.76. The van der Waals surface area contributed by atoms with E-state index in [4.69, 9.17) is 5.73 Å². The molecule has 0 amide bonds. The van der Waals surface area contributed by atoms with E-state index in [1.54, 1.807) is 0 Å². The second-order valence-corrected chi connectivity index (χ2v) is 6.62. The fraction of sp³-hybridized carbons (Fsp3) is 1.00. The molecule has 0 bridgehead atoms. The molecule has 0 saturated heterocycles. The lowest BCUT2D eigenvalue weighted by molar-refractivity contribution is -0.192. The molecule has 0 atom stereocenters. The number of hydrogen-bond acceptors (Lipinski definition) is 4. The summed E-state index contributed by atoms with van der Waals surface area (Å²) in [6.45, 7) is 24.0. The van der Waals surface area contributed by atoms with E-state index >= 15 is 0 Å². The maximum atomic E-state index is 6.43. The molecule has 4 heteroatoms. The van der Waals surface area contributed by atoms with Crippen LogP contribution in [0.25, 0.3) is 0 Å². The second-order valence-electron chi connectivity index (χ2n) is 6.62. The minimum absolute atomic E-state index is 0.214. The number of hydrogen-bond donors (Lipinski definition) is 1. The quantitative estimate of drug-likeness (QED) is 0.629. The topological polar surface area (TPSA) is 35.7 Å². The van der Waals surface area contributed by atoms with Gasteiger partial charge in [0.2, 0.25) is 0 Å². The highest BCUT2D eigenvalue weighted by Gasteiger charge is 2.47. The van der Waals surface area contributed by atoms with E-state index in [1.807, 2.05) is 0 Å². The number of likely N-dealkylation sites (N-methyl/N-ethyl adjacent to an activating group) is 3. The van der Waals surface area contributed by atoms with Gasteiger partial charge in [-0.15, -0.1) is 0 Å². The van der Waals surface area contributed by atoms with Gasteiger partial charge in [0, 0.05) is 24.7 Å². The van der Waals surface area contributed by atoms with E-state index in [0.29, 0.717) is 24.7 Å². The molecule has 0 aliphatic carbocycles. The second kappa shape index (κ2) is 9.09. The number of rotatable bonds is 10. The van der Waals surface area contributed by atoms with Crippen molar-refractivity contribution in [1.82, 2.24) is 14.7 Å². The van der Waals surface area contributed by atoms with Gasteiger partial charge in [-0.25, -0.2) is 0 Å². The van der Waals surface area contributed by atoms with Crippen LogP contribution in [0.4, 0.5) is 0 Å². The Morgan fingerprint density at radius 3 is 1.00 bits per heavy atom. The molecule has 4 nitrogen and oxygen atoms in total. The fourth-order valence-corrected chi connectivity index (χ4v) is 3.94. The minimum atomic E-state index is -0.214. The Morgan fingerprint density at radius 2 is 0.905 bits per heavy atom. The molecule has 0 fully saturated rings. The van der Waals surface area contributed by atoms with E-state index in [-0.39, 0.29) is 5.79 Å². The molecule has 0 radical (unpaired) electrons. The van der Waals surface area contributed by atoms with Crippen molar-refractivity contribution in [1.29, 1.82) is 0 Å². The van der Waals surface area contributed by atoms with Gasteiger partial charge in [0.1, 0.15) is 5.79 Å². The molecule has 0 aliphatic heterocycles. The lowest BCUT2D eigenvalue weighted by atomic mass is 10.1. The van der Waals surface area contributed by atoms with Crippen molar-refractivity contribution in [3.05, 3.63) is 0 Å². The van der Waals surface area contributed by atoms with Crippen LogP contribution in [0.5, 0.6) is 0 Å². The molecule has 0 spiro atoms. The van der Waals surface area contributed by atoms with E-state index in [1.165, 1.54) is 0 Å². The fourth-order valence-electron chi connectivity index (χ4n) is 3.94. The van der Waals surface area contributed by atoms with Gasteiger partial charge in [-0.3, -0.25) is 14.7 Å². The third-order valence-electron chi connectivity index (χ3n) is 4.55. The molecule has 128 valence electrons. The summed E-state index contributed by atoms with van der Waals surface area (Å²) in [6.07, 6.45) is 0. The lowest BCUT2D eigenvalue weighted by Gasteiger charge is -2.59. The zero-order valence-electron chi connectivity index (χ0n) is 16.0. The molecular weight excluding hydrogens is 260 g/mol. The van der Waals surface area contributed by atoms with Crippen LogP contribution in [0.2, 0.25) is 0 Å². The Morgan fingerprint density at radius 1 is 0.667 bits per heavy atom. The summed E-state index contributed by atoms with van der Waals surface area (Å²) in [5.74, 6) is -0.214. The Kier molecular flexibility index (Phi) is 9.02. The van der Waals surface area contributed by atoms with E-state index in [0.717, 1.165) is 19.6 Å². The summed E-state index contributed by atoms with van der Waals surface area (Å²) in [4.78, 5) is 7.67. The van der Waals surface area contributed by atoms with Crippen molar-refractivity contribution < 1.29 is 0 Å². The molecule has 0 aromatic carbocycles. The normalized spacial score (nSPS) is 13.7. The van der Waals surface area contributed by atoms with Crippen LogP contribution in [0.3, 0.4) is 0 Å². The predicted molar refractivity (Wildman–Crippen MR) is 94.3 cm³/mol. The van der Waals surface area contributed by atoms with Gasteiger partial charge in [0.15, 0.2) is 0 Å². The molecule has 21 heavy (non-hydrogen) atoms. The molecule has 0 heterocycles. The van der Waals surface area contributed by atoms with Gasteiger partial charge in [0.05, 0.1) is 0 Å². The van der Waals surface area contributed by atoms with Crippen molar-refractivity contribution in [3.8, 4) is 0 Å². The van der Waals surface area contributed by atoms with Crippen molar-refractivity contribution in [2.75, 3.05) is 26.2 Å². The third-order valence-corrected chi connectivity index (χ3v) is 4.55. The molecule has 0 unspecified atom stereocenters. The van der Waals surface area contributed by atoms with E-state index in [9.17, 15) is 0 Å². The molecule has 2 N–H and O–H groups in total. The van der Waals surface area contributed by atoms with Gasteiger partial charge in [0.25, 0.3) is 0 Å². The summed E-state index contributed by atoms with van der Waals surface area (Å²) < 4.78 is 0. The highest BCUT2D eigenvalue weighted by Crippen LogP contribution is 2.30. The average molecular weight is 301 g/mol. The van der Waals surface area contributed by atoms with Crippen LogP contribution in [0, 0.1) is 0 Å². The standard InChI is InChI=1S/C17H40N4/c1-10-19(14(4)5)17(13-18,20(11-2)15(6)7)21(12-3)16(8)9/h14-16H,10-13,18H2,1-9H3. The van der Waals surface area contributed by atoms with E-state index < -0.39 is 0 Å². The van der Waals surface area contributed by atoms with Gasteiger partial charge in [-0.2, -0.15) is 0 Å². The predicted octanol–water partition coefficient (Wildman–Crippen LogP) is 2.79. The van der Waals surface area contributed by atoms with Crippen molar-refractivity contribution >= 4 is 0 Å². The summed E-state index contributed by atoms with van der Waals surface area (Å²) >= 11 is 0. The van der Waals surface area contributed by atoms with E-state index in [2.05, 4.69) is 77.0 Å². The first kappa shape index (κ1) is 20.8. The van der Waals surface area contributed by atoms with Gasteiger partial charge >= 0.3 is 0 Å². The van der Waals surface area contributed by atoms with Crippen molar-refractivity contribution in [3.63, 3.8) is 0 Å². The first-order valence-electron chi connectivity index (χ1n) is 8.74. The van der Waals surface area contributed by atoms with Crippen molar-refractivity contribution in [2.24, 2.45) is 5.73 Å². The maximum absolute atomic E-state index is 6.43.